The molecule has 3 aliphatic heterocycles. The van der Waals surface area contributed by atoms with Gasteiger partial charge in [-0.1, -0.05) is 4.98 Å². The van der Waals surface area contributed by atoms with Crippen LogP contribution in [0.3, 0.4) is 0 Å². The van der Waals surface area contributed by atoms with E-state index < -0.39 is 153 Å². The van der Waals surface area contributed by atoms with Gasteiger partial charge in [-0.25, -0.2) is 38.0 Å². The van der Waals surface area contributed by atoms with Gasteiger partial charge in [0.2, 0.25) is 17.7 Å². The van der Waals surface area contributed by atoms with Crippen LogP contribution in [-0.2, 0) is 71.2 Å². The molecule has 41 heteroatoms. The number of nitrogens with zero attached hydrogens (tertiary/aromatic N) is 8. The number of nitrogens with two attached hydrogens (primary N) is 3. The van der Waals surface area contributed by atoms with Gasteiger partial charge < -0.3 is 80.1 Å². The van der Waals surface area contributed by atoms with Gasteiger partial charge in [-0.05, 0) is 0 Å². The number of ether oxygens (including phenoxy) is 4. The standard InChI is InChI=1S/C33H45N13O24P4/c1-43-11-46(27-19(43)28(52)42-32(36)41-27)29-20(49)12(5-16(34)47)13(66-29)6-64-72(56,57)69-74(60,61)70-73(58,59)65-8-15-24(23(62-2)31(68-15)45-10-39-18-25(35)37-9-38-26(18)45)71(54,55)63-7-14-21(50)22(51)30(67-14)44-4-3-17(48)40-33(44)53/h3-4,9-15,20-24,29-31,49-51H,5-8H2,1-2H3,(H11-,34,35,36,37,38,40,41,42,47,48,52,53,54,55,56,57,58,59,60,61)/t12?,13-,14-,15-,20-,21-,22-,23-,24-,29-,30-,31-/m1/s1. The molecule has 5 unspecified atom stereocenters. The molecule has 0 saturated carbocycles. The molecule has 8 heterocycles. The summed E-state index contributed by atoms with van der Waals surface area (Å²) in [6, 6.07) is 0.909. The lowest BCUT2D eigenvalue weighted by atomic mass is 9.94. The zero-order valence-corrected chi connectivity index (χ0v) is 41.4. The predicted molar refractivity (Wildman–Crippen MR) is 236 cm³/mol. The summed E-state index contributed by atoms with van der Waals surface area (Å²) in [5.41, 5.74) is 12.2. The Balaban J connectivity index is 0.962. The Morgan fingerprint density at radius 2 is 1.50 bits per heavy atom. The number of aromatic amines is 2. The van der Waals surface area contributed by atoms with E-state index >= 15 is 0 Å². The fourth-order valence-electron chi connectivity index (χ4n) is 8.55. The monoisotopic (exact) mass is 1130 g/mol. The summed E-state index contributed by atoms with van der Waals surface area (Å²) in [6.45, 7) is -3.54. The SMILES string of the molecule is CO[C@@H]1[C@H](P(=O)([O-])OC[C@H]2O[C@@H](n3ccc(=O)[nH]c3=O)[C@H](O)[C@@H]2O)[C@@H](COP(=O)(O)OP(=O)(O)OP(=O)(O)OC[C@H]2O[C@@H]([n+]3cn(C)c4c(=O)[nH]c(N)nc43)[C@H](O)C2CC(N)=O)O[C@H]1n1cnc2c(N)ncnc21. The highest BCUT2D eigenvalue weighted by Crippen LogP contribution is 2.68. The first-order valence-corrected chi connectivity index (χ1v) is 27.2. The number of hydrogen-bond acceptors (Lipinski definition) is 27. The number of anilines is 2. The van der Waals surface area contributed by atoms with Crippen LogP contribution in [0.15, 0.2) is 45.6 Å². The Kier molecular flexibility index (Phi) is 15.5. The molecule has 5 aromatic rings. The van der Waals surface area contributed by atoms with E-state index in [0.29, 0.717) is 4.57 Å². The molecular weight excluding hydrogens is 1090 g/mol. The van der Waals surface area contributed by atoms with Crippen LogP contribution in [0.25, 0.3) is 22.3 Å². The lowest BCUT2D eigenvalue weighted by Crippen LogP contribution is -2.45. The van der Waals surface area contributed by atoms with Crippen molar-refractivity contribution in [3.8, 4) is 0 Å². The first-order valence-electron chi connectivity index (χ1n) is 21.1. The molecule has 74 heavy (non-hydrogen) atoms. The predicted octanol–water partition coefficient (Wildman–Crippen LogP) is -5.31. The number of aromatic nitrogens is 10. The average Bonchev–Trinajstić information content (AvgIpc) is 4.10. The van der Waals surface area contributed by atoms with Crippen molar-refractivity contribution in [2.75, 3.05) is 38.4 Å². The molecule has 3 fully saturated rings. The lowest BCUT2D eigenvalue weighted by molar-refractivity contribution is -0.745. The third-order valence-corrected chi connectivity index (χ3v) is 17.9. The molecule has 0 bridgehead atoms. The topological polar surface area (TPSA) is 544 Å². The van der Waals surface area contributed by atoms with E-state index in [9.17, 15) is 72.3 Å². The Labute approximate surface area is 410 Å². The van der Waals surface area contributed by atoms with E-state index in [4.69, 9.17) is 49.7 Å². The molecule has 3 saturated heterocycles. The van der Waals surface area contributed by atoms with E-state index in [1.165, 1.54) is 17.9 Å². The van der Waals surface area contributed by atoms with Crippen LogP contribution in [0.1, 0.15) is 25.1 Å². The van der Waals surface area contributed by atoms with E-state index in [0.717, 1.165) is 41.2 Å². The molecule has 5 aromatic heterocycles. The van der Waals surface area contributed by atoms with Crippen LogP contribution in [-0.4, -0.2) is 155 Å². The molecular formula is C33H45N13O24P4. The lowest BCUT2D eigenvalue weighted by Gasteiger charge is -2.35. The number of primary amides is 1. The second-order valence-corrected chi connectivity index (χ2v) is 23.1. The summed E-state index contributed by atoms with van der Waals surface area (Å²) in [6.07, 6.45) is -13.3. The average molecular weight is 1130 g/mol. The number of methoxy groups -OCH3 is 1. The van der Waals surface area contributed by atoms with Crippen molar-refractivity contribution in [1.29, 1.82) is 0 Å². The Hall–Kier alpha value is -5.07. The summed E-state index contributed by atoms with van der Waals surface area (Å²) >= 11 is 0. The number of carbonyl (C=O) groups is 1. The molecule has 1 amide bonds. The third kappa shape index (κ3) is 11.2. The summed E-state index contributed by atoms with van der Waals surface area (Å²) < 4.78 is 104. The summed E-state index contributed by atoms with van der Waals surface area (Å²) in [4.78, 5) is 115. The van der Waals surface area contributed by atoms with Crippen molar-refractivity contribution in [2.24, 2.45) is 18.7 Å². The molecule has 0 spiro atoms. The van der Waals surface area contributed by atoms with Crippen molar-refractivity contribution >= 4 is 71.1 Å². The number of carbonyl (C=O) groups excluding carboxylic acids is 1. The number of nitrogen functional groups attached to an aromatic ring is 2. The maximum absolute atomic E-state index is 14.2. The fraction of sp³-hybridized carbons (Fsp3) is 0.545. The number of phosphoric ester groups is 2. The minimum atomic E-state index is -6.26. The second-order valence-electron chi connectivity index (χ2n) is 16.5. The highest BCUT2D eigenvalue weighted by Gasteiger charge is 2.55. The zero-order valence-electron chi connectivity index (χ0n) is 37.8. The number of nitrogens with one attached hydrogen (secondary N) is 2. The van der Waals surface area contributed by atoms with E-state index in [1.54, 1.807) is 0 Å². The third-order valence-electron chi connectivity index (χ3n) is 11.7. The molecule has 16 atom stereocenters. The van der Waals surface area contributed by atoms with Crippen molar-refractivity contribution < 1.29 is 104 Å². The molecule has 37 nitrogen and oxygen atoms in total. The quantitative estimate of drug-likeness (QED) is 0.0256. The molecule has 0 aromatic carbocycles. The van der Waals surface area contributed by atoms with E-state index in [-0.39, 0.29) is 34.1 Å². The number of H-pyrrole nitrogens is 2. The first kappa shape index (κ1) is 55.2. The van der Waals surface area contributed by atoms with Crippen molar-refractivity contribution in [3.63, 3.8) is 0 Å². The maximum Gasteiger partial charge on any atom is 0.490 e. The van der Waals surface area contributed by atoms with Gasteiger partial charge in [0.25, 0.3) is 17.1 Å². The minimum absolute atomic E-state index is 0.00765. The van der Waals surface area contributed by atoms with Gasteiger partial charge in [-0.3, -0.25) is 47.1 Å². The number of rotatable bonds is 20. The Morgan fingerprint density at radius 3 is 2.15 bits per heavy atom. The Morgan fingerprint density at radius 1 is 0.851 bits per heavy atom. The van der Waals surface area contributed by atoms with Crippen LogP contribution < -0.4 is 43.5 Å². The Bertz CT molecular complexity index is 3330. The van der Waals surface area contributed by atoms with Crippen molar-refractivity contribution in [2.45, 2.75) is 73.5 Å². The molecule has 3 aliphatic rings. The van der Waals surface area contributed by atoms with Crippen molar-refractivity contribution in [1.82, 2.24) is 43.6 Å². The number of imidazole rings is 2. The van der Waals surface area contributed by atoms with E-state index in [2.05, 4.69) is 33.5 Å². The molecule has 14 N–H and O–H groups in total. The molecule has 0 aliphatic carbocycles. The van der Waals surface area contributed by atoms with Crippen molar-refractivity contribution in [3.05, 3.63) is 62.4 Å². The molecule has 8 rings (SSSR count). The van der Waals surface area contributed by atoms with E-state index in [1.807, 2.05) is 4.98 Å². The number of fused-ring (bicyclic) bond motifs is 2. The summed E-state index contributed by atoms with van der Waals surface area (Å²) in [5.74, 6) is -2.74. The van der Waals surface area contributed by atoms with Crippen LogP contribution in [0.4, 0.5) is 11.8 Å². The number of aryl methyl sites for hydroxylation is 1. The summed E-state index contributed by atoms with van der Waals surface area (Å²) in [5, 5.41) is 32.7. The smallest absolute Gasteiger partial charge is 0.490 e. The number of amides is 1. The zero-order chi connectivity index (χ0) is 54.0. The normalized spacial score (nSPS) is 30.6. The highest BCUT2D eigenvalue weighted by molar-refractivity contribution is 7.66. The van der Waals surface area contributed by atoms with Gasteiger partial charge >= 0.3 is 34.8 Å². The van der Waals surface area contributed by atoms with Gasteiger partial charge in [0.1, 0.15) is 50.0 Å². The fourth-order valence-corrected chi connectivity index (χ4v) is 13.8. The number of aliphatic hydroxyl groups excluding tert-OH is 3. The van der Waals surface area contributed by atoms with Gasteiger partial charge in [-0.15, -0.1) is 0 Å². The van der Waals surface area contributed by atoms with Crippen LogP contribution in [0.5, 0.6) is 0 Å². The maximum atomic E-state index is 14.2. The first-order chi connectivity index (χ1) is 34.6. The summed E-state index contributed by atoms with van der Waals surface area (Å²) in [7, 11) is -21.3. The van der Waals surface area contributed by atoms with Gasteiger partial charge in [0.15, 0.2) is 30.2 Å². The molecule has 406 valence electrons. The second kappa shape index (κ2) is 20.8. The minimum Gasteiger partial charge on any atom is -0.778 e. The molecule has 0 radical (unpaired) electrons. The number of hydrogen-bond donors (Lipinski definition) is 11. The highest BCUT2D eigenvalue weighted by atomic mass is 31.3. The number of phosphoric acid groups is 3. The number of aliphatic hydroxyl groups is 3. The largest absolute Gasteiger partial charge is 0.778 e. The van der Waals surface area contributed by atoms with Gasteiger partial charge in [0.05, 0.1) is 51.1 Å². The van der Waals surface area contributed by atoms with Gasteiger partial charge in [-0.2, -0.15) is 8.62 Å². The van der Waals surface area contributed by atoms with Gasteiger partial charge in [0, 0.05) is 31.7 Å². The van der Waals surface area contributed by atoms with Crippen LogP contribution >= 0.6 is 31.1 Å². The van der Waals surface area contributed by atoms with Crippen LogP contribution in [0.2, 0.25) is 0 Å². The van der Waals surface area contributed by atoms with Crippen LogP contribution in [0, 0.1) is 5.92 Å².